The number of hydrogen-bond donors (Lipinski definition) is 3. The first-order valence-corrected chi connectivity index (χ1v) is 11.1. The van der Waals surface area contributed by atoms with E-state index < -0.39 is 0 Å². The molecule has 0 amide bonds. The highest BCUT2D eigenvalue weighted by molar-refractivity contribution is 4.70. The Labute approximate surface area is 158 Å². The first kappa shape index (κ1) is 24.8. The summed E-state index contributed by atoms with van der Waals surface area (Å²) in [6.07, 6.45) is 7.35. The zero-order chi connectivity index (χ0) is 18.9. The fourth-order valence-electron chi connectivity index (χ4n) is 3.35. The average molecular weight is 357 g/mol. The van der Waals surface area contributed by atoms with Gasteiger partial charge in [0.15, 0.2) is 0 Å². The fourth-order valence-corrected chi connectivity index (χ4v) is 3.35. The molecule has 0 radical (unpaired) electrons. The zero-order valence-corrected chi connectivity index (χ0v) is 18.2. The van der Waals surface area contributed by atoms with E-state index in [0.29, 0.717) is 18.1 Å². The molecule has 4 heteroatoms. The van der Waals surface area contributed by atoms with Crippen LogP contribution in [0.4, 0.5) is 0 Å². The molecule has 0 atom stereocenters. The topological polar surface area (TPSA) is 39.3 Å². The SMILES string of the molecule is CCC(CC)NCCN(CCNC(CC)CC)CCNC(CC)CC. The Hall–Kier alpha value is -0.160. The molecule has 4 nitrogen and oxygen atoms in total. The van der Waals surface area contributed by atoms with Gasteiger partial charge in [0, 0.05) is 57.4 Å². The Balaban J connectivity index is 4.24. The molecule has 0 aromatic carbocycles. The number of hydrogen-bond acceptors (Lipinski definition) is 4. The highest BCUT2D eigenvalue weighted by atomic mass is 15.2. The van der Waals surface area contributed by atoms with E-state index in [0.717, 1.165) is 39.3 Å². The van der Waals surface area contributed by atoms with E-state index in [9.17, 15) is 0 Å². The normalized spacial score (nSPS) is 12.2. The van der Waals surface area contributed by atoms with Gasteiger partial charge in [-0.3, -0.25) is 4.90 Å². The maximum atomic E-state index is 3.71. The van der Waals surface area contributed by atoms with Gasteiger partial charge in [-0.25, -0.2) is 0 Å². The van der Waals surface area contributed by atoms with Crippen LogP contribution in [0.3, 0.4) is 0 Å². The molecule has 0 aliphatic heterocycles. The van der Waals surface area contributed by atoms with Crippen LogP contribution in [-0.4, -0.2) is 62.3 Å². The molecule has 0 aromatic heterocycles. The van der Waals surface area contributed by atoms with E-state index in [2.05, 4.69) is 62.4 Å². The molecule has 0 aliphatic carbocycles. The van der Waals surface area contributed by atoms with Crippen LogP contribution in [-0.2, 0) is 0 Å². The Bertz CT molecular complexity index is 218. The minimum atomic E-state index is 0.673. The van der Waals surface area contributed by atoms with Gasteiger partial charge in [-0.05, 0) is 38.5 Å². The summed E-state index contributed by atoms with van der Waals surface area (Å²) in [5.74, 6) is 0. The Morgan fingerprint density at radius 3 is 0.920 bits per heavy atom. The van der Waals surface area contributed by atoms with Crippen LogP contribution in [0.1, 0.15) is 80.1 Å². The largest absolute Gasteiger partial charge is 0.313 e. The predicted octanol–water partition coefficient (Wildman–Crippen LogP) is 3.62. The van der Waals surface area contributed by atoms with Crippen LogP contribution in [0.2, 0.25) is 0 Å². The maximum Gasteiger partial charge on any atom is 0.0108 e. The molecule has 0 bridgehead atoms. The lowest BCUT2D eigenvalue weighted by Gasteiger charge is -2.26. The van der Waals surface area contributed by atoms with Crippen molar-refractivity contribution in [1.82, 2.24) is 20.9 Å². The van der Waals surface area contributed by atoms with Gasteiger partial charge in [-0.1, -0.05) is 41.5 Å². The van der Waals surface area contributed by atoms with Crippen molar-refractivity contribution in [1.29, 1.82) is 0 Å². The first-order chi connectivity index (χ1) is 12.1. The number of nitrogens with one attached hydrogen (secondary N) is 3. The smallest absolute Gasteiger partial charge is 0.0108 e. The molecule has 0 aromatic rings. The minimum Gasteiger partial charge on any atom is -0.313 e. The molecule has 152 valence electrons. The van der Waals surface area contributed by atoms with Gasteiger partial charge in [-0.2, -0.15) is 0 Å². The summed E-state index contributed by atoms with van der Waals surface area (Å²) in [4.78, 5) is 2.61. The minimum absolute atomic E-state index is 0.673. The van der Waals surface area contributed by atoms with Crippen molar-refractivity contribution in [3.8, 4) is 0 Å². The van der Waals surface area contributed by atoms with Gasteiger partial charge >= 0.3 is 0 Å². The lowest BCUT2D eigenvalue weighted by atomic mass is 10.1. The molecule has 0 fully saturated rings. The van der Waals surface area contributed by atoms with Gasteiger partial charge in [0.05, 0.1) is 0 Å². The quantitative estimate of drug-likeness (QED) is 0.351. The molecule has 3 N–H and O–H groups in total. The zero-order valence-electron chi connectivity index (χ0n) is 18.2. The molecule has 0 rings (SSSR count). The second-order valence-electron chi connectivity index (χ2n) is 7.24. The monoisotopic (exact) mass is 356 g/mol. The second-order valence-corrected chi connectivity index (χ2v) is 7.24. The summed E-state index contributed by atoms with van der Waals surface area (Å²) in [6, 6.07) is 2.02. The van der Waals surface area contributed by atoms with Crippen molar-refractivity contribution < 1.29 is 0 Å². The summed E-state index contributed by atoms with van der Waals surface area (Å²) in [5.41, 5.74) is 0. The van der Waals surface area contributed by atoms with Crippen molar-refractivity contribution in [2.24, 2.45) is 0 Å². The van der Waals surface area contributed by atoms with E-state index in [1.807, 2.05) is 0 Å². The molecule has 0 aliphatic rings. The van der Waals surface area contributed by atoms with E-state index >= 15 is 0 Å². The summed E-state index contributed by atoms with van der Waals surface area (Å²) in [7, 11) is 0. The van der Waals surface area contributed by atoms with Crippen molar-refractivity contribution in [2.45, 2.75) is 98.2 Å². The van der Waals surface area contributed by atoms with Crippen LogP contribution in [0.25, 0.3) is 0 Å². The van der Waals surface area contributed by atoms with Crippen molar-refractivity contribution >= 4 is 0 Å². The van der Waals surface area contributed by atoms with Crippen LogP contribution < -0.4 is 16.0 Å². The summed E-state index contributed by atoms with van der Waals surface area (Å²) < 4.78 is 0. The summed E-state index contributed by atoms with van der Waals surface area (Å²) >= 11 is 0. The van der Waals surface area contributed by atoms with Crippen LogP contribution in [0.5, 0.6) is 0 Å². The van der Waals surface area contributed by atoms with Crippen molar-refractivity contribution in [3.63, 3.8) is 0 Å². The predicted molar refractivity (Wildman–Crippen MR) is 114 cm³/mol. The van der Waals surface area contributed by atoms with Gasteiger partial charge in [0.25, 0.3) is 0 Å². The maximum absolute atomic E-state index is 3.71. The van der Waals surface area contributed by atoms with Gasteiger partial charge in [0.2, 0.25) is 0 Å². The third-order valence-electron chi connectivity index (χ3n) is 5.54. The van der Waals surface area contributed by atoms with E-state index in [-0.39, 0.29) is 0 Å². The lowest BCUT2D eigenvalue weighted by Crippen LogP contribution is -2.44. The Morgan fingerprint density at radius 1 is 0.480 bits per heavy atom. The molecule has 0 spiro atoms. The highest BCUT2D eigenvalue weighted by Crippen LogP contribution is 1.99. The average Bonchev–Trinajstić information content (AvgIpc) is 2.65. The van der Waals surface area contributed by atoms with Gasteiger partial charge in [0.1, 0.15) is 0 Å². The first-order valence-electron chi connectivity index (χ1n) is 11.1. The second kappa shape index (κ2) is 17.3. The van der Waals surface area contributed by atoms with Crippen LogP contribution >= 0.6 is 0 Å². The standard InChI is InChI=1S/C21H48N4/c1-7-19(8-2)22-13-16-25(17-14-23-20(9-3)10-4)18-15-24-21(11-5)12-6/h19-24H,7-18H2,1-6H3. The molecule has 0 saturated heterocycles. The number of nitrogens with zero attached hydrogens (tertiary/aromatic N) is 1. The fraction of sp³-hybridized carbons (Fsp3) is 1.00. The summed E-state index contributed by atoms with van der Waals surface area (Å²) in [5, 5.41) is 11.1. The third-order valence-corrected chi connectivity index (χ3v) is 5.54. The van der Waals surface area contributed by atoms with Gasteiger partial charge < -0.3 is 16.0 Å². The molecular weight excluding hydrogens is 308 g/mol. The third kappa shape index (κ3) is 12.8. The molecular formula is C21H48N4. The van der Waals surface area contributed by atoms with Gasteiger partial charge in [-0.15, -0.1) is 0 Å². The van der Waals surface area contributed by atoms with E-state index in [1.54, 1.807) is 0 Å². The molecule has 0 heterocycles. The summed E-state index contributed by atoms with van der Waals surface area (Å²) in [6.45, 7) is 20.4. The van der Waals surface area contributed by atoms with Crippen LogP contribution in [0.15, 0.2) is 0 Å². The van der Waals surface area contributed by atoms with E-state index in [4.69, 9.17) is 0 Å². The van der Waals surface area contributed by atoms with Crippen LogP contribution in [0, 0.1) is 0 Å². The lowest BCUT2D eigenvalue weighted by molar-refractivity contribution is 0.256. The molecule has 0 saturated carbocycles. The molecule has 25 heavy (non-hydrogen) atoms. The van der Waals surface area contributed by atoms with E-state index in [1.165, 1.54) is 38.5 Å². The Kier molecular flexibility index (Phi) is 17.2. The van der Waals surface area contributed by atoms with Crippen molar-refractivity contribution in [3.05, 3.63) is 0 Å². The number of rotatable bonds is 18. The van der Waals surface area contributed by atoms with Crippen molar-refractivity contribution in [2.75, 3.05) is 39.3 Å². The molecule has 0 unspecified atom stereocenters. The highest BCUT2D eigenvalue weighted by Gasteiger charge is 2.09. The Morgan fingerprint density at radius 2 is 0.720 bits per heavy atom.